The maximum Gasteiger partial charge on any atom is 0.320 e. The molecule has 0 atom stereocenters. The summed E-state index contributed by atoms with van der Waals surface area (Å²) in [5.41, 5.74) is 3.27. The van der Waals surface area contributed by atoms with E-state index in [9.17, 15) is 9.59 Å². The monoisotopic (exact) mass is 352 g/mol. The molecule has 6 heteroatoms. The lowest BCUT2D eigenvalue weighted by Gasteiger charge is -2.25. The molecule has 3 amide bonds. The lowest BCUT2D eigenvalue weighted by Crippen LogP contribution is -2.55. The highest BCUT2D eigenvalue weighted by molar-refractivity contribution is 5.95. The molecule has 1 heterocycles. The van der Waals surface area contributed by atoms with E-state index in [2.05, 4.69) is 33.4 Å². The van der Waals surface area contributed by atoms with Crippen LogP contribution in [-0.2, 0) is 24.4 Å². The van der Waals surface area contributed by atoms with Gasteiger partial charge >= 0.3 is 6.03 Å². The molecule has 0 fully saturated rings. The fraction of sp³-hybridized carbons (Fsp3) is 0.300. The van der Waals surface area contributed by atoms with Crippen molar-refractivity contribution in [1.82, 2.24) is 16.0 Å². The Morgan fingerprint density at radius 1 is 1.04 bits per heavy atom. The molecule has 3 rings (SSSR count). The van der Waals surface area contributed by atoms with E-state index in [0.29, 0.717) is 12.2 Å². The Balaban J connectivity index is 1.53. The first-order valence-electron chi connectivity index (χ1n) is 8.68. The maximum absolute atomic E-state index is 12.5. The molecule has 0 aromatic heterocycles. The second-order valence-electron chi connectivity index (χ2n) is 6.96. The van der Waals surface area contributed by atoms with Crippen molar-refractivity contribution in [3.8, 4) is 0 Å². The third kappa shape index (κ3) is 4.40. The van der Waals surface area contributed by atoms with Gasteiger partial charge in [-0.2, -0.15) is 0 Å². The van der Waals surface area contributed by atoms with Crippen LogP contribution in [0.25, 0.3) is 0 Å². The highest BCUT2D eigenvalue weighted by atomic mass is 16.2. The van der Waals surface area contributed by atoms with Gasteiger partial charge in [-0.15, -0.1) is 0 Å². The minimum absolute atomic E-state index is 0.237. The average molecular weight is 352 g/mol. The van der Waals surface area contributed by atoms with Crippen LogP contribution in [0.3, 0.4) is 0 Å². The van der Waals surface area contributed by atoms with E-state index < -0.39 is 11.6 Å². The Hall–Kier alpha value is -2.86. The van der Waals surface area contributed by atoms with E-state index in [1.165, 1.54) is 11.1 Å². The normalized spacial score (nSPS) is 13.0. The molecule has 0 radical (unpaired) electrons. The molecule has 0 saturated carbocycles. The van der Waals surface area contributed by atoms with Gasteiger partial charge in [0.25, 0.3) is 0 Å². The molecular formula is C20H24N4O2. The molecule has 0 unspecified atom stereocenters. The van der Waals surface area contributed by atoms with Crippen molar-refractivity contribution in [2.45, 2.75) is 39.0 Å². The van der Waals surface area contributed by atoms with E-state index in [-0.39, 0.29) is 5.91 Å². The molecule has 0 saturated heterocycles. The summed E-state index contributed by atoms with van der Waals surface area (Å²) in [4.78, 5) is 24.6. The number of carbonyl (C=O) groups is 2. The average Bonchev–Trinajstić information content (AvgIpc) is 3.07. The Morgan fingerprint density at radius 3 is 2.54 bits per heavy atom. The summed E-state index contributed by atoms with van der Waals surface area (Å²) >= 11 is 0. The van der Waals surface area contributed by atoms with Gasteiger partial charge in [0.2, 0.25) is 5.91 Å². The van der Waals surface area contributed by atoms with Crippen molar-refractivity contribution in [3.63, 3.8) is 0 Å². The predicted molar refractivity (Wildman–Crippen MR) is 102 cm³/mol. The first kappa shape index (κ1) is 17.9. The van der Waals surface area contributed by atoms with Gasteiger partial charge in [-0.05, 0) is 42.7 Å². The van der Waals surface area contributed by atoms with Gasteiger partial charge < -0.3 is 21.3 Å². The Labute approximate surface area is 153 Å². The van der Waals surface area contributed by atoms with Crippen LogP contribution in [0.2, 0.25) is 0 Å². The third-order valence-corrected chi connectivity index (χ3v) is 4.38. The Morgan fingerprint density at radius 2 is 1.77 bits per heavy atom. The molecule has 2 aromatic rings. The van der Waals surface area contributed by atoms with Crippen molar-refractivity contribution >= 4 is 17.6 Å². The molecule has 0 aliphatic carbocycles. The minimum Gasteiger partial charge on any atom is -0.350 e. The Kier molecular flexibility index (Phi) is 5.23. The summed E-state index contributed by atoms with van der Waals surface area (Å²) < 4.78 is 0. The smallest absolute Gasteiger partial charge is 0.320 e. The fourth-order valence-corrected chi connectivity index (χ4v) is 2.89. The second kappa shape index (κ2) is 7.58. The van der Waals surface area contributed by atoms with Gasteiger partial charge in [0.15, 0.2) is 0 Å². The lowest BCUT2D eigenvalue weighted by molar-refractivity contribution is -0.126. The van der Waals surface area contributed by atoms with Crippen molar-refractivity contribution in [2.24, 2.45) is 0 Å². The summed E-state index contributed by atoms with van der Waals surface area (Å²) in [5.74, 6) is -0.237. The number of para-hydroxylation sites is 1. The van der Waals surface area contributed by atoms with E-state index in [1.807, 2.05) is 24.3 Å². The van der Waals surface area contributed by atoms with Crippen LogP contribution in [0.4, 0.5) is 10.5 Å². The molecule has 0 spiro atoms. The summed E-state index contributed by atoms with van der Waals surface area (Å²) in [6, 6.07) is 14.9. The molecule has 26 heavy (non-hydrogen) atoms. The van der Waals surface area contributed by atoms with Crippen LogP contribution in [0.5, 0.6) is 0 Å². The van der Waals surface area contributed by atoms with Crippen molar-refractivity contribution < 1.29 is 9.59 Å². The van der Waals surface area contributed by atoms with Crippen LogP contribution < -0.4 is 21.3 Å². The summed E-state index contributed by atoms with van der Waals surface area (Å²) in [6.07, 6.45) is 0. The van der Waals surface area contributed by atoms with Crippen molar-refractivity contribution in [3.05, 3.63) is 65.2 Å². The number of amides is 3. The van der Waals surface area contributed by atoms with E-state index in [0.717, 1.165) is 18.7 Å². The number of urea groups is 1. The van der Waals surface area contributed by atoms with E-state index in [1.54, 1.807) is 26.0 Å². The quantitative estimate of drug-likeness (QED) is 0.667. The lowest BCUT2D eigenvalue weighted by atomic mass is 10.0. The third-order valence-electron chi connectivity index (χ3n) is 4.38. The number of fused-ring (bicyclic) bond motifs is 1. The number of anilines is 1. The number of carbonyl (C=O) groups excluding carboxylic acids is 2. The maximum atomic E-state index is 12.5. The molecule has 4 N–H and O–H groups in total. The Bertz CT molecular complexity index is 803. The number of benzene rings is 2. The first-order valence-corrected chi connectivity index (χ1v) is 8.68. The largest absolute Gasteiger partial charge is 0.350 e. The van der Waals surface area contributed by atoms with Gasteiger partial charge in [0, 0.05) is 25.3 Å². The highest BCUT2D eigenvalue weighted by Crippen LogP contribution is 2.17. The number of hydrogen-bond acceptors (Lipinski definition) is 3. The number of hydrogen-bond donors (Lipinski definition) is 4. The first-order chi connectivity index (χ1) is 12.4. The predicted octanol–water partition coefficient (Wildman–Crippen LogP) is 2.51. The van der Waals surface area contributed by atoms with Crippen molar-refractivity contribution in [1.29, 1.82) is 0 Å². The van der Waals surface area contributed by atoms with Crippen LogP contribution in [-0.4, -0.2) is 17.5 Å². The molecule has 0 bridgehead atoms. The summed E-state index contributed by atoms with van der Waals surface area (Å²) in [5, 5.41) is 11.6. The van der Waals surface area contributed by atoms with Gasteiger partial charge in [0.05, 0.1) is 0 Å². The molecular weight excluding hydrogens is 328 g/mol. The second-order valence-corrected chi connectivity index (χ2v) is 6.96. The number of nitrogens with one attached hydrogen (secondary N) is 4. The fourth-order valence-electron chi connectivity index (χ4n) is 2.89. The summed E-state index contributed by atoms with van der Waals surface area (Å²) in [6.45, 7) is 5.55. The van der Waals surface area contributed by atoms with Crippen LogP contribution in [0.15, 0.2) is 48.5 Å². The van der Waals surface area contributed by atoms with E-state index in [4.69, 9.17) is 0 Å². The summed E-state index contributed by atoms with van der Waals surface area (Å²) in [7, 11) is 0. The molecule has 2 aromatic carbocycles. The van der Waals surface area contributed by atoms with Gasteiger partial charge in [-0.1, -0.05) is 36.4 Å². The molecule has 1 aliphatic rings. The van der Waals surface area contributed by atoms with Gasteiger partial charge in [0.1, 0.15) is 5.54 Å². The van der Waals surface area contributed by atoms with E-state index >= 15 is 0 Å². The standard InChI is InChI=1S/C20H24N4O2/c1-20(2,24-19(26)23-17-6-4-3-5-7-17)18(25)22-11-14-8-9-15-12-21-13-16(15)10-14/h3-10,21H,11-13H2,1-2H3,(H,22,25)(H2,23,24,26). The van der Waals surface area contributed by atoms with Crippen LogP contribution in [0.1, 0.15) is 30.5 Å². The molecule has 136 valence electrons. The SMILES string of the molecule is CC(C)(NC(=O)Nc1ccccc1)C(=O)NCc1ccc2c(c1)CNC2. The number of rotatable bonds is 5. The molecule has 6 nitrogen and oxygen atoms in total. The van der Waals surface area contributed by atoms with Crippen molar-refractivity contribution in [2.75, 3.05) is 5.32 Å². The van der Waals surface area contributed by atoms with Crippen LogP contribution >= 0.6 is 0 Å². The van der Waals surface area contributed by atoms with Gasteiger partial charge in [-0.3, -0.25) is 4.79 Å². The minimum atomic E-state index is -1.03. The zero-order valence-electron chi connectivity index (χ0n) is 15.1. The van der Waals surface area contributed by atoms with Gasteiger partial charge in [-0.25, -0.2) is 4.79 Å². The molecule has 1 aliphatic heterocycles. The zero-order chi connectivity index (χ0) is 18.6. The zero-order valence-corrected chi connectivity index (χ0v) is 15.1. The topological polar surface area (TPSA) is 82.3 Å². The van der Waals surface area contributed by atoms with Crippen LogP contribution in [0, 0.1) is 0 Å². The highest BCUT2D eigenvalue weighted by Gasteiger charge is 2.29.